The molecule has 1 fully saturated rings. The number of rotatable bonds is 5. The normalized spacial score (nSPS) is 15.1. The molecule has 4 amide bonds. The van der Waals surface area contributed by atoms with Gasteiger partial charge in [-0.2, -0.15) is 0 Å². The monoisotopic (exact) mass is 440 g/mol. The van der Waals surface area contributed by atoms with E-state index in [1.807, 2.05) is 13.0 Å². The second kappa shape index (κ2) is 9.12. The maximum Gasteiger partial charge on any atom is 0.335 e. The molecule has 0 unspecified atom stereocenters. The number of hydrogen-bond acceptors (Lipinski definition) is 4. The van der Waals surface area contributed by atoms with Crippen molar-refractivity contribution in [1.82, 2.24) is 5.32 Å². The third-order valence-electron chi connectivity index (χ3n) is 5.24. The first kappa shape index (κ1) is 22.0. The average molecular weight is 440 g/mol. The molecule has 0 radical (unpaired) electrons. The molecule has 0 bridgehead atoms. The van der Waals surface area contributed by atoms with Gasteiger partial charge in [-0.3, -0.25) is 14.9 Å². The van der Waals surface area contributed by atoms with Crippen molar-refractivity contribution in [3.63, 3.8) is 0 Å². The van der Waals surface area contributed by atoms with Gasteiger partial charge in [0, 0.05) is 0 Å². The molecule has 1 saturated heterocycles. The van der Waals surface area contributed by atoms with E-state index in [4.69, 9.17) is 4.74 Å². The molecule has 0 atom stereocenters. The fraction of sp³-hybridized carbons (Fsp3) is 0.148. The van der Waals surface area contributed by atoms with Crippen molar-refractivity contribution in [1.29, 1.82) is 0 Å². The minimum absolute atomic E-state index is 0.111. The highest BCUT2D eigenvalue weighted by atomic mass is 16.5. The quantitative estimate of drug-likeness (QED) is 0.454. The van der Waals surface area contributed by atoms with Gasteiger partial charge >= 0.3 is 6.03 Å². The van der Waals surface area contributed by atoms with E-state index >= 15 is 0 Å². The summed E-state index contributed by atoms with van der Waals surface area (Å²) >= 11 is 0. The molecule has 1 aliphatic heterocycles. The number of ether oxygens (including phenoxy) is 1. The van der Waals surface area contributed by atoms with E-state index in [0.29, 0.717) is 23.6 Å². The van der Waals surface area contributed by atoms with Crippen LogP contribution < -0.4 is 15.0 Å². The number of aryl methyl sites for hydroxylation is 3. The molecule has 0 spiro atoms. The van der Waals surface area contributed by atoms with E-state index in [2.05, 4.69) is 37.4 Å². The first-order valence-electron chi connectivity index (χ1n) is 10.6. The molecule has 1 heterocycles. The number of anilines is 1. The number of hydrogen-bond donors (Lipinski definition) is 1. The van der Waals surface area contributed by atoms with E-state index in [0.717, 1.165) is 16.0 Å². The third kappa shape index (κ3) is 5.01. The fourth-order valence-corrected chi connectivity index (χ4v) is 3.80. The Morgan fingerprint density at radius 2 is 1.55 bits per heavy atom. The van der Waals surface area contributed by atoms with Crippen molar-refractivity contribution in [3.05, 3.63) is 100 Å². The van der Waals surface area contributed by atoms with Gasteiger partial charge in [-0.1, -0.05) is 53.6 Å². The predicted octanol–water partition coefficient (Wildman–Crippen LogP) is 4.86. The van der Waals surface area contributed by atoms with Crippen LogP contribution in [0.3, 0.4) is 0 Å². The van der Waals surface area contributed by atoms with Gasteiger partial charge in [0.1, 0.15) is 17.9 Å². The Labute approximate surface area is 192 Å². The number of benzene rings is 3. The molecule has 0 aromatic heterocycles. The van der Waals surface area contributed by atoms with Crippen LogP contribution in [0.2, 0.25) is 0 Å². The van der Waals surface area contributed by atoms with Gasteiger partial charge in [-0.25, -0.2) is 9.69 Å². The summed E-state index contributed by atoms with van der Waals surface area (Å²) in [4.78, 5) is 38.7. The number of carbonyl (C=O) groups excluding carboxylic acids is 3. The summed E-state index contributed by atoms with van der Waals surface area (Å²) in [5, 5.41) is 2.24. The zero-order valence-electron chi connectivity index (χ0n) is 18.7. The molecule has 0 aliphatic carbocycles. The minimum Gasteiger partial charge on any atom is -0.489 e. The number of carbonyl (C=O) groups is 3. The highest BCUT2D eigenvalue weighted by molar-refractivity contribution is 6.39. The fourth-order valence-electron chi connectivity index (χ4n) is 3.80. The standard InChI is InChI=1S/C27H24N2O4/c1-17-5-4-6-22(14-17)29-26(31)24(25(30)28-27(29)32)15-20-7-9-23(10-8-20)33-16-21-12-18(2)11-19(3)13-21/h4-15H,16H2,1-3H3,(H,28,30,32)/b24-15+. The number of nitrogens with zero attached hydrogens (tertiary/aromatic N) is 1. The lowest BCUT2D eigenvalue weighted by molar-refractivity contribution is -0.122. The smallest absolute Gasteiger partial charge is 0.335 e. The topological polar surface area (TPSA) is 75.7 Å². The van der Waals surface area contributed by atoms with Crippen molar-refractivity contribution in [2.75, 3.05) is 4.90 Å². The van der Waals surface area contributed by atoms with E-state index in [-0.39, 0.29) is 5.57 Å². The van der Waals surface area contributed by atoms with Crippen LogP contribution in [0.1, 0.15) is 27.8 Å². The zero-order valence-corrected chi connectivity index (χ0v) is 18.7. The summed E-state index contributed by atoms with van der Waals surface area (Å²) in [5.74, 6) is -0.708. The Kier molecular flexibility index (Phi) is 6.09. The Balaban J connectivity index is 1.52. The number of nitrogens with one attached hydrogen (secondary N) is 1. The predicted molar refractivity (Wildman–Crippen MR) is 127 cm³/mol. The van der Waals surface area contributed by atoms with E-state index in [1.54, 1.807) is 42.5 Å². The van der Waals surface area contributed by atoms with Gasteiger partial charge in [0.05, 0.1) is 5.69 Å². The maximum absolute atomic E-state index is 13.0. The highest BCUT2D eigenvalue weighted by Crippen LogP contribution is 2.23. The Morgan fingerprint density at radius 1 is 0.848 bits per heavy atom. The van der Waals surface area contributed by atoms with Crippen LogP contribution in [-0.4, -0.2) is 17.8 Å². The summed E-state index contributed by atoms with van der Waals surface area (Å²) < 4.78 is 5.87. The second-order valence-corrected chi connectivity index (χ2v) is 8.15. The molecule has 6 heteroatoms. The van der Waals surface area contributed by atoms with E-state index in [1.165, 1.54) is 17.2 Å². The minimum atomic E-state index is -0.761. The average Bonchev–Trinajstić information content (AvgIpc) is 2.75. The van der Waals surface area contributed by atoms with Crippen LogP contribution in [0.4, 0.5) is 10.5 Å². The first-order chi connectivity index (χ1) is 15.8. The van der Waals surface area contributed by atoms with Gasteiger partial charge < -0.3 is 4.74 Å². The summed E-state index contributed by atoms with van der Waals surface area (Å²) in [7, 11) is 0. The summed E-state index contributed by atoms with van der Waals surface area (Å²) in [6.07, 6.45) is 1.47. The van der Waals surface area contributed by atoms with Crippen molar-refractivity contribution in [2.45, 2.75) is 27.4 Å². The van der Waals surface area contributed by atoms with E-state index < -0.39 is 17.8 Å². The summed E-state index contributed by atoms with van der Waals surface area (Å²) in [5.41, 5.74) is 5.29. The van der Waals surface area contributed by atoms with E-state index in [9.17, 15) is 14.4 Å². The van der Waals surface area contributed by atoms with Gasteiger partial charge in [0.15, 0.2) is 0 Å². The lowest BCUT2D eigenvalue weighted by atomic mass is 10.1. The van der Waals surface area contributed by atoms with Crippen molar-refractivity contribution < 1.29 is 19.1 Å². The van der Waals surface area contributed by atoms with Gasteiger partial charge in [0.2, 0.25) is 0 Å². The number of barbiturate groups is 1. The maximum atomic E-state index is 13.0. The van der Waals surface area contributed by atoms with Gasteiger partial charge in [-0.05, 0) is 67.8 Å². The second-order valence-electron chi connectivity index (χ2n) is 8.15. The Bertz CT molecular complexity index is 1260. The molecule has 0 saturated carbocycles. The molecule has 3 aromatic rings. The molecule has 1 aliphatic rings. The molecule has 6 nitrogen and oxygen atoms in total. The molecule has 33 heavy (non-hydrogen) atoms. The molecular formula is C27H24N2O4. The van der Waals surface area contributed by atoms with Crippen molar-refractivity contribution >= 4 is 29.6 Å². The van der Waals surface area contributed by atoms with Gasteiger partial charge in [0.25, 0.3) is 11.8 Å². The van der Waals surface area contributed by atoms with Crippen LogP contribution in [0.5, 0.6) is 5.75 Å². The van der Waals surface area contributed by atoms with Crippen LogP contribution in [0, 0.1) is 20.8 Å². The Morgan fingerprint density at radius 3 is 2.21 bits per heavy atom. The Hall–Kier alpha value is -4.19. The summed E-state index contributed by atoms with van der Waals surface area (Å²) in [6.45, 7) is 6.41. The number of imide groups is 2. The summed E-state index contributed by atoms with van der Waals surface area (Å²) in [6, 6.07) is 19.6. The zero-order chi connectivity index (χ0) is 23.5. The molecule has 1 N–H and O–H groups in total. The lowest BCUT2D eigenvalue weighted by Gasteiger charge is -2.26. The SMILES string of the molecule is Cc1cc(C)cc(COc2ccc(/C=C3\C(=O)NC(=O)N(c4cccc(C)c4)C3=O)cc2)c1. The molecular weight excluding hydrogens is 416 g/mol. The van der Waals surface area contributed by atoms with Crippen molar-refractivity contribution in [2.24, 2.45) is 0 Å². The molecule has 3 aromatic carbocycles. The van der Waals surface area contributed by atoms with Crippen LogP contribution in [0.25, 0.3) is 6.08 Å². The number of amides is 4. The first-order valence-corrected chi connectivity index (χ1v) is 10.6. The van der Waals surface area contributed by atoms with Gasteiger partial charge in [-0.15, -0.1) is 0 Å². The highest BCUT2D eigenvalue weighted by Gasteiger charge is 2.36. The molecule has 166 valence electrons. The molecule has 4 rings (SSSR count). The van der Waals surface area contributed by atoms with Crippen LogP contribution in [-0.2, 0) is 16.2 Å². The lowest BCUT2D eigenvalue weighted by Crippen LogP contribution is -2.54. The number of urea groups is 1. The van der Waals surface area contributed by atoms with Crippen LogP contribution in [0.15, 0.2) is 72.3 Å². The largest absolute Gasteiger partial charge is 0.489 e. The van der Waals surface area contributed by atoms with Crippen molar-refractivity contribution in [3.8, 4) is 5.75 Å². The van der Waals surface area contributed by atoms with Crippen LogP contribution >= 0.6 is 0 Å². The third-order valence-corrected chi connectivity index (χ3v) is 5.24.